The van der Waals surface area contributed by atoms with Crippen LogP contribution in [0.25, 0.3) is 0 Å². The minimum Gasteiger partial charge on any atom is -0.387 e. The maximum Gasteiger partial charge on any atom is 0.0929 e. The van der Waals surface area contributed by atoms with Gasteiger partial charge in [-0.3, -0.25) is 0 Å². The molecule has 0 aliphatic heterocycles. The number of hydrogen-bond acceptors (Lipinski definition) is 3. The van der Waals surface area contributed by atoms with Crippen LogP contribution in [0.5, 0.6) is 0 Å². The van der Waals surface area contributed by atoms with Crippen molar-refractivity contribution >= 4 is 35.0 Å². The summed E-state index contributed by atoms with van der Waals surface area (Å²) in [6.45, 7) is 3.55. The van der Waals surface area contributed by atoms with Crippen LogP contribution in [-0.4, -0.2) is 30.2 Å². The Hall–Kier alpha value is 0.0700. The minimum atomic E-state index is -0.627. The third-order valence-corrected chi connectivity index (χ3v) is 4.08. The van der Waals surface area contributed by atoms with Gasteiger partial charge in [0.2, 0.25) is 0 Å². The first-order chi connectivity index (χ1) is 8.54. The Morgan fingerprint density at radius 1 is 1.33 bits per heavy atom. The molecule has 1 aromatic rings. The molecule has 102 valence electrons. The van der Waals surface area contributed by atoms with Crippen LogP contribution in [0, 0.1) is 5.92 Å². The molecule has 0 fully saturated rings. The molecule has 2 N–H and O–H groups in total. The first kappa shape index (κ1) is 16.1. The topological polar surface area (TPSA) is 32.3 Å². The van der Waals surface area contributed by atoms with Crippen LogP contribution >= 0.6 is 35.0 Å². The smallest absolute Gasteiger partial charge is 0.0929 e. The van der Waals surface area contributed by atoms with Crippen molar-refractivity contribution in [2.75, 3.05) is 25.1 Å². The lowest BCUT2D eigenvalue weighted by atomic mass is 10.1. The molecule has 1 aromatic carbocycles. The molecule has 2 nitrogen and oxygen atoms in total. The number of thioether (sulfide) groups is 1. The zero-order chi connectivity index (χ0) is 13.5. The normalized spacial score (nSPS) is 14.5. The van der Waals surface area contributed by atoms with Gasteiger partial charge in [0.05, 0.1) is 6.10 Å². The van der Waals surface area contributed by atoms with Gasteiger partial charge in [-0.2, -0.15) is 11.8 Å². The lowest BCUT2D eigenvalue weighted by molar-refractivity contribution is 0.173. The van der Waals surface area contributed by atoms with Crippen LogP contribution in [0.2, 0.25) is 10.0 Å². The fraction of sp³-hybridized carbons (Fsp3) is 0.538. The van der Waals surface area contributed by atoms with E-state index in [2.05, 4.69) is 18.5 Å². The predicted octanol–water partition coefficient (Wildman–Crippen LogP) is 3.62. The second-order valence-electron chi connectivity index (χ2n) is 4.40. The van der Waals surface area contributed by atoms with Gasteiger partial charge in [-0.05, 0) is 42.7 Å². The Balaban J connectivity index is 2.45. The summed E-state index contributed by atoms with van der Waals surface area (Å²) in [6, 6.07) is 5.13. The third-order valence-electron chi connectivity index (χ3n) is 2.60. The maximum absolute atomic E-state index is 10.1. The molecule has 0 aromatic heterocycles. The van der Waals surface area contributed by atoms with Crippen LogP contribution in [0.15, 0.2) is 18.2 Å². The zero-order valence-electron chi connectivity index (χ0n) is 10.6. The lowest BCUT2D eigenvalue weighted by Gasteiger charge is -2.16. The highest BCUT2D eigenvalue weighted by atomic mass is 35.5. The van der Waals surface area contributed by atoms with Gasteiger partial charge in [-0.15, -0.1) is 0 Å². The van der Waals surface area contributed by atoms with E-state index in [0.717, 1.165) is 12.3 Å². The highest BCUT2D eigenvalue weighted by molar-refractivity contribution is 7.98. The summed E-state index contributed by atoms with van der Waals surface area (Å²) in [5.41, 5.74) is 0.675. The van der Waals surface area contributed by atoms with Gasteiger partial charge in [0.15, 0.2) is 0 Å². The standard InChI is InChI=1S/C13H19Cl2NOS/c1-9(8-18-2)6-16-7-13(17)11-5-10(14)3-4-12(11)15/h3-5,9,13,16-17H,6-8H2,1-2H3. The average Bonchev–Trinajstić information content (AvgIpc) is 2.32. The zero-order valence-corrected chi connectivity index (χ0v) is 12.9. The lowest BCUT2D eigenvalue weighted by Crippen LogP contribution is -2.27. The van der Waals surface area contributed by atoms with Crippen molar-refractivity contribution < 1.29 is 5.11 Å². The van der Waals surface area contributed by atoms with Crippen molar-refractivity contribution in [1.82, 2.24) is 5.32 Å². The molecule has 0 saturated carbocycles. The summed E-state index contributed by atoms with van der Waals surface area (Å²) in [4.78, 5) is 0. The van der Waals surface area contributed by atoms with E-state index in [4.69, 9.17) is 23.2 Å². The van der Waals surface area contributed by atoms with E-state index in [1.54, 1.807) is 18.2 Å². The quantitative estimate of drug-likeness (QED) is 0.807. The summed E-state index contributed by atoms with van der Waals surface area (Å²) < 4.78 is 0. The van der Waals surface area contributed by atoms with Crippen molar-refractivity contribution in [3.05, 3.63) is 33.8 Å². The molecule has 0 aliphatic rings. The van der Waals surface area contributed by atoms with E-state index < -0.39 is 6.10 Å². The molecular formula is C13H19Cl2NOS. The van der Waals surface area contributed by atoms with Gasteiger partial charge >= 0.3 is 0 Å². The number of nitrogens with one attached hydrogen (secondary N) is 1. The van der Waals surface area contributed by atoms with Gasteiger partial charge in [-0.25, -0.2) is 0 Å². The monoisotopic (exact) mass is 307 g/mol. The summed E-state index contributed by atoms with van der Waals surface area (Å²) >= 11 is 13.8. The van der Waals surface area contributed by atoms with Crippen molar-refractivity contribution in [3.63, 3.8) is 0 Å². The second kappa shape index (κ2) is 8.28. The van der Waals surface area contributed by atoms with Crippen LogP contribution in [0.4, 0.5) is 0 Å². The Morgan fingerprint density at radius 3 is 2.72 bits per heavy atom. The molecule has 0 heterocycles. The van der Waals surface area contributed by atoms with Crippen molar-refractivity contribution in [2.45, 2.75) is 13.0 Å². The van der Waals surface area contributed by atoms with E-state index in [1.165, 1.54) is 0 Å². The molecular weight excluding hydrogens is 289 g/mol. The fourth-order valence-electron chi connectivity index (χ4n) is 1.69. The highest BCUT2D eigenvalue weighted by Crippen LogP contribution is 2.25. The molecule has 0 aliphatic carbocycles. The number of benzene rings is 1. The van der Waals surface area contributed by atoms with Crippen LogP contribution < -0.4 is 5.32 Å². The molecule has 0 amide bonds. The number of aliphatic hydroxyl groups is 1. The van der Waals surface area contributed by atoms with E-state index in [0.29, 0.717) is 28.1 Å². The predicted molar refractivity (Wildman–Crippen MR) is 81.8 cm³/mol. The molecule has 18 heavy (non-hydrogen) atoms. The molecule has 0 spiro atoms. The summed E-state index contributed by atoms with van der Waals surface area (Å²) in [6.07, 6.45) is 1.47. The SMILES string of the molecule is CSCC(C)CNCC(O)c1cc(Cl)ccc1Cl. The Bertz CT molecular complexity index is 376. The number of hydrogen-bond donors (Lipinski definition) is 2. The Kier molecular flexibility index (Phi) is 7.42. The molecule has 2 unspecified atom stereocenters. The van der Waals surface area contributed by atoms with Gasteiger partial charge in [-0.1, -0.05) is 30.1 Å². The largest absolute Gasteiger partial charge is 0.387 e. The molecule has 0 radical (unpaired) electrons. The average molecular weight is 308 g/mol. The molecule has 2 atom stereocenters. The summed E-state index contributed by atoms with van der Waals surface area (Å²) in [5.74, 6) is 1.70. The Labute approximate surface area is 123 Å². The summed E-state index contributed by atoms with van der Waals surface area (Å²) in [7, 11) is 0. The highest BCUT2D eigenvalue weighted by Gasteiger charge is 2.12. The van der Waals surface area contributed by atoms with Crippen molar-refractivity contribution in [2.24, 2.45) is 5.92 Å². The number of rotatable bonds is 7. The molecule has 0 saturated heterocycles. The number of aliphatic hydroxyl groups excluding tert-OH is 1. The van der Waals surface area contributed by atoms with Crippen LogP contribution in [0.3, 0.4) is 0 Å². The van der Waals surface area contributed by atoms with E-state index in [1.807, 2.05) is 11.8 Å². The molecule has 0 bridgehead atoms. The van der Waals surface area contributed by atoms with E-state index in [9.17, 15) is 5.11 Å². The van der Waals surface area contributed by atoms with Crippen molar-refractivity contribution in [1.29, 1.82) is 0 Å². The van der Waals surface area contributed by atoms with E-state index in [-0.39, 0.29) is 0 Å². The Morgan fingerprint density at radius 2 is 2.06 bits per heavy atom. The second-order valence-corrected chi connectivity index (χ2v) is 6.15. The van der Waals surface area contributed by atoms with Crippen LogP contribution in [0.1, 0.15) is 18.6 Å². The van der Waals surface area contributed by atoms with Gasteiger partial charge in [0.1, 0.15) is 0 Å². The maximum atomic E-state index is 10.1. The minimum absolute atomic E-state index is 0.485. The first-order valence-electron chi connectivity index (χ1n) is 5.87. The third kappa shape index (κ3) is 5.37. The fourth-order valence-corrected chi connectivity index (χ4v) is 2.80. The number of halogens is 2. The van der Waals surface area contributed by atoms with Gasteiger partial charge in [0.25, 0.3) is 0 Å². The molecule has 1 rings (SSSR count). The van der Waals surface area contributed by atoms with E-state index >= 15 is 0 Å². The van der Waals surface area contributed by atoms with Gasteiger partial charge in [0, 0.05) is 22.2 Å². The summed E-state index contributed by atoms with van der Waals surface area (Å²) in [5, 5.41) is 14.4. The van der Waals surface area contributed by atoms with Gasteiger partial charge < -0.3 is 10.4 Å². The molecule has 5 heteroatoms. The van der Waals surface area contributed by atoms with Crippen LogP contribution in [-0.2, 0) is 0 Å². The van der Waals surface area contributed by atoms with Crippen molar-refractivity contribution in [3.8, 4) is 0 Å². The first-order valence-corrected chi connectivity index (χ1v) is 8.02.